The maximum Gasteiger partial charge on any atom is 0.267 e. The van der Waals surface area contributed by atoms with Crippen molar-refractivity contribution in [3.8, 4) is 5.75 Å². The summed E-state index contributed by atoms with van der Waals surface area (Å²) in [6.45, 7) is 2.14. The minimum Gasteiger partial charge on any atom is -0.481 e. The van der Waals surface area contributed by atoms with Gasteiger partial charge in [0.05, 0.1) is 0 Å². The van der Waals surface area contributed by atoms with Gasteiger partial charge in [0.15, 0.2) is 6.10 Å². The zero-order valence-electron chi connectivity index (χ0n) is 11.9. The zero-order valence-corrected chi connectivity index (χ0v) is 11.9. The molecular formula is C16H20N2O3. The summed E-state index contributed by atoms with van der Waals surface area (Å²) in [5.41, 5.74) is 1.33. The van der Waals surface area contributed by atoms with Gasteiger partial charge in [-0.2, -0.15) is 0 Å². The first-order valence-electron chi connectivity index (χ1n) is 7.53. The molecule has 112 valence electrons. The number of benzene rings is 1. The molecule has 2 saturated heterocycles. The summed E-state index contributed by atoms with van der Waals surface area (Å²) in [5.74, 6) is 0.730. The van der Waals surface area contributed by atoms with Crippen LogP contribution in [0.5, 0.6) is 5.75 Å². The molecule has 2 aliphatic heterocycles. The third-order valence-corrected chi connectivity index (χ3v) is 4.16. The Hall–Kier alpha value is -1.88. The van der Waals surface area contributed by atoms with Crippen molar-refractivity contribution in [1.29, 1.82) is 0 Å². The van der Waals surface area contributed by atoms with E-state index in [4.69, 9.17) is 4.74 Å². The Morgan fingerprint density at radius 1 is 1.00 bits per heavy atom. The molecule has 0 aliphatic carbocycles. The lowest BCUT2D eigenvalue weighted by Crippen LogP contribution is -2.46. The number of carbonyl (C=O) groups is 2. The molecule has 2 aliphatic rings. The van der Waals surface area contributed by atoms with E-state index in [-0.39, 0.29) is 11.8 Å². The van der Waals surface area contributed by atoms with Gasteiger partial charge < -0.3 is 10.1 Å². The van der Waals surface area contributed by atoms with E-state index < -0.39 is 6.10 Å². The smallest absolute Gasteiger partial charge is 0.267 e. The topological polar surface area (TPSA) is 67.4 Å². The normalized spacial score (nSPS) is 23.7. The third kappa shape index (κ3) is 3.42. The van der Waals surface area contributed by atoms with Crippen LogP contribution in [-0.4, -0.2) is 31.0 Å². The van der Waals surface area contributed by atoms with E-state index in [0.29, 0.717) is 24.5 Å². The highest BCUT2D eigenvalue weighted by Crippen LogP contribution is 2.27. The summed E-state index contributed by atoms with van der Waals surface area (Å²) in [5, 5.41) is 5.66. The summed E-state index contributed by atoms with van der Waals surface area (Å²) < 4.78 is 5.68. The average Bonchev–Trinajstić information content (AvgIpc) is 2.52. The highest BCUT2D eigenvalue weighted by molar-refractivity contribution is 5.99. The van der Waals surface area contributed by atoms with E-state index in [0.717, 1.165) is 25.9 Å². The molecule has 0 bridgehead atoms. The van der Waals surface area contributed by atoms with Crippen LogP contribution in [0, 0.1) is 0 Å². The van der Waals surface area contributed by atoms with E-state index >= 15 is 0 Å². The van der Waals surface area contributed by atoms with Crippen LogP contribution in [0.4, 0.5) is 0 Å². The molecule has 5 nitrogen and oxygen atoms in total. The number of nitrogens with one attached hydrogen (secondary N) is 2. The second-order valence-corrected chi connectivity index (χ2v) is 5.65. The maximum absolute atomic E-state index is 11.7. The van der Waals surface area contributed by atoms with Crippen LogP contribution in [0.15, 0.2) is 24.3 Å². The van der Waals surface area contributed by atoms with E-state index in [1.807, 2.05) is 12.1 Å². The van der Waals surface area contributed by atoms with Gasteiger partial charge in [-0.05, 0) is 49.5 Å². The molecule has 2 fully saturated rings. The van der Waals surface area contributed by atoms with Gasteiger partial charge >= 0.3 is 0 Å². The first-order chi connectivity index (χ1) is 10.2. The van der Waals surface area contributed by atoms with Crippen molar-refractivity contribution in [3.05, 3.63) is 29.8 Å². The van der Waals surface area contributed by atoms with E-state index in [2.05, 4.69) is 22.8 Å². The van der Waals surface area contributed by atoms with Crippen LogP contribution in [0.2, 0.25) is 0 Å². The van der Waals surface area contributed by atoms with Gasteiger partial charge in [-0.3, -0.25) is 14.9 Å². The number of hydrogen-bond donors (Lipinski definition) is 2. The predicted molar refractivity (Wildman–Crippen MR) is 78.1 cm³/mol. The molecule has 2 amide bonds. The molecule has 0 unspecified atom stereocenters. The fourth-order valence-corrected chi connectivity index (χ4v) is 2.92. The Morgan fingerprint density at radius 2 is 1.71 bits per heavy atom. The number of piperidine rings is 2. The molecular weight excluding hydrogens is 268 g/mol. The summed E-state index contributed by atoms with van der Waals surface area (Å²) >= 11 is 0. The summed E-state index contributed by atoms with van der Waals surface area (Å²) in [6, 6.07) is 8.00. The van der Waals surface area contributed by atoms with Crippen LogP contribution in [0.1, 0.15) is 37.2 Å². The monoisotopic (exact) mass is 288 g/mol. The fourth-order valence-electron chi connectivity index (χ4n) is 2.92. The minimum atomic E-state index is -0.563. The van der Waals surface area contributed by atoms with Crippen molar-refractivity contribution in [3.63, 3.8) is 0 Å². The van der Waals surface area contributed by atoms with E-state index in [1.54, 1.807) is 0 Å². The highest BCUT2D eigenvalue weighted by atomic mass is 16.5. The first-order valence-corrected chi connectivity index (χ1v) is 7.53. The maximum atomic E-state index is 11.7. The third-order valence-electron chi connectivity index (χ3n) is 4.16. The van der Waals surface area contributed by atoms with Gasteiger partial charge in [-0.1, -0.05) is 12.1 Å². The van der Waals surface area contributed by atoms with E-state index in [9.17, 15) is 9.59 Å². The predicted octanol–water partition coefficient (Wildman–Crippen LogP) is 1.34. The number of imide groups is 1. The standard InChI is InChI=1S/C16H20N2O3/c19-15-6-5-14(16(20)18-15)21-13-3-1-11(2-4-13)12-7-9-17-10-8-12/h1-4,12,14,17H,5-10H2,(H,18,19,20)/t14-/m1/s1. The molecule has 1 aromatic carbocycles. The molecule has 3 rings (SSSR count). The van der Waals surface area contributed by atoms with Gasteiger partial charge in [0.1, 0.15) is 5.75 Å². The first kappa shape index (κ1) is 14.1. The molecule has 2 heterocycles. The molecule has 5 heteroatoms. The Balaban J connectivity index is 1.61. The van der Waals surface area contributed by atoms with Gasteiger partial charge in [0.2, 0.25) is 5.91 Å². The molecule has 21 heavy (non-hydrogen) atoms. The Labute approximate surface area is 124 Å². The molecule has 0 radical (unpaired) electrons. The Bertz CT molecular complexity index is 521. The van der Waals surface area contributed by atoms with Crippen molar-refractivity contribution in [1.82, 2.24) is 10.6 Å². The quantitative estimate of drug-likeness (QED) is 0.824. The summed E-state index contributed by atoms with van der Waals surface area (Å²) in [7, 11) is 0. The summed E-state index contributed by atoms with van der Waals surface area (Å²) in [6.07, 6.45) is 2.54. The lowest BCUT2D eigenvalue weighted by atomic mass is 9.90. The second-order valence-electron chi connectivity index (χ2n) is 5.65. The van der Waals surface area contributed by atoms with Crippen molar-refractivity contribution in [2.45, 2.75) is 37.7 Å². The van der Waals surface area contributed by atoms with Gasteiger partial charge in [0.25, 0.3) is 5.91 Å². The van der Waals surface area contributed by atoms with Crippen LogP contribution in [-0.2, 0) is 9.59 Å². The van der Waals surface area contributed by atoms with Crippen LogP contribution in [0.3, 0.4) is 0 Å². The number of carbonyl (C=O) groups excluding carboxylic acids is 2. The molecule has 0 aromatic heterocycles. The number of rotatable bonds is 3. The molecule has 0 saturated carbocycles. The highest BCUT2D eigenvalue weighted by Gasteiger charge is 2.28. The number of hydrogen-bond acceptors (Lipinski definition) is 4. The molecule has 1 aromatic rings. The van der Waals surface area contributed by atoms with Gasteiger partial charge in [-0.25, -0.2) is 0 Å². The SMILES string of the molecule is O=C1CC[C@@H](Oc2ccc(C3CCNCC3)cc2)C(=O)N1. The summed E-state index contributed by atoms with van der Waals surface area (Å²) in [4.78, 5) is 22.8. The molecule has 2 N–H and O–H groups in total. The lowest BCUT2D eigenvalue weighted by Gasteiger charge is -2.24. The Kier molecular flexibility index (Phi) is 4.20. The minimum absolute atomic E-state index is 0.221. The van der Waals surface area contributed by atoms with Crippen LogP contribution < -0.4 is 15.4 Å². The zero-order chi connectivity index (χ0) is 14.7. The average molecular weight is 288 g/mol. The molecule has 0 spiro atoms. The van der Waals surface area contributed by atoms with Crippen molar-refractivity contribution in [2.24, 2.45) is 0 Å². The van der Waals surface area contributed by atoms with Crippen molar-refractivity contribution in [2.75, 3.05) is 13.1 Å². The largest absolute Gasteiger partial charge is 0.481 e. The Morgan fingerprint density at radius 3 is 2.38 bits per heavy atom. The lowest BCUT2D eigenvalue weighted by molar-refractivity contribution is -0.138. The van der Waals surface area contributed by atoms with Crippen LogP contribution in [0.25, 0.3) is 0 Å². The molecule has 1 atom stereocenters. The van der Waals surface area contributed by atoms with Gasteiger partial charge in [0, 0.05) is 12.8 Å². The number of ether oxygens (including phenoxy) is 1. The fraction of sp³-hybridized carbons (Fsp3) is 0.500. The van der Waals surface area contributed by atoms with Crippen LogP contribution >= 0.6 is 0 Å². The number of amides is 2. The van der Waals surface area contributed by atoms with Crippen molar-refractivity contribution >= 4 is 11.8 Å². The van der Waals surface area contributed by atoms with E-state index in [1.165, 1.54) is 5.56 Å². The second kappa shape index (κ2) is 6.26. The van der Waals surface area contributed by atoms with Gasteiger partial charge in [-0.15, -0.1) is 0 Å². The van der Waals surface area contributed by atoms with Crippen molar-refractivity contribution < 1.29 is 14.3 Å².